The molecule has 210 valence electrons. The predicted octanol–water partition coefficient (Wildman–Crippen LogP) is 6.06. The largest absolute Gasteiger partial charge is 0.382 e. The van der Waals surface area contributed by atoms with Crippen LogP contribution in [0.25, 0.3) is 38.9 Å². The summed E-state index contributed by atoms with van der Waals surface area (Å²) >= 11 is 0. The third kappa shape index (κ3) is 8.18. The average Bonchev–Trinajstić information content (AvgIpc) is 3.44. The van der Waals surface area contributed by atoms with Crippen LogP contribution in [-0.4, -0.2) is 52.9 Å². The fourth-order valence-corrected chi connectivity index (χ4v) is 4.44. The van der Waals surface area contributed by atoms with Gasteiger partial charge in [-0.25, -0.2) is 15.0 Å². The van der Waals surface area contributed by atoms with E-state index >= 15 is 0 Å². The number of nitrogens with zero attached hydrogens (tertiary/aromatic N) is 4. The maximum absolute atomic E-state index is 9.28. The van der Waals surface area contributed by atoms with Gasteiger partial charge in [-0.1, -0.05) is 75.2 Å². The van der Waals surface area contributed by atoms with Crippen molar-refractivity contribution < 1.29 is 9.53 Å². The average molecular weight is 541 g/mol. The quantitative estimate of drug-likeness (QED) is 0.219. The molecule has 2 aromatic carbocycles. The summed E-state index contributed by atoms with van der Waals surface area (Å²) in [6.45, 7) is 5.90. The van der Waals surface area contributed by atoms with Crippen LogP contribution in [-0.2, 0) is 9.53 Å². The van der Waals surface area contributed by atoms with Crippen LogP contribution in [0.15, 0.2) is 79.4 Å². The van der Waals surface area contributed by atoms with Crippen LogP contribution < -0.4 is 11.1 Å². The number of rotatable bonds is 9. The molecule has 0 aliphatic rings. The van der Waals surface area contributed by atoms with Crippen LogP contribution in [0.3, 0.4) is 0 Å². The van der Waals surface area contributed by atoms with E-state index in [1.165, 1.54) is 32.9 Å². The first kappa shape index (κ1) is 30.4. The van der Waals surface area contributed by atoms with Crippen LogP contribution in [0, 0.1) is 5.92 Å². The second-order valence-corrected chi connectivity index (χ2v) is 9.37. The number of benzene rings is 2. The lowest BCUT2D eigenvalue weighted by Gasteiger charge is -2.11. The highest BCUT2D eigenvalue weighted by Crippen LogP contribution is 2.29. The van der Waals surface area contributed by atoms with E-state index in [-0.39, 0.29) is 6.61 Å². The molecule has 5 aromatic rings. The minimum atomic E-state index is 0.208. The Morgan fingerprint density at radius 3 is 2.48 bits per heavy atom. The van der Waals surface area contributed by atoms with Crippen molar-refractivity contribution in [2.24, 2.45) is 5.92 Å². The predicted molar refractivity (Wildman–Crippen MR) is 164 cm³/mol. The van der Waals surface area contributed by atoms with Crippen molar-refractivity contribution in [1.29, 1.82) is 0 Å². The number of carbonyl (C=O) groups excluding carboxylic acids is 1. The fraction of sp³-hybridized carbons (Fsp3) is 0.312. The van der Waals surface area contributed by atoms with Crippen molar-refractivity contribution in [2.45, 2.75) is 33.1 Å². The summed E-state index contributed by atoms with van der Waals surface area (Å²) in [5.41, 5.74) is 11.6. The van der Waals surface area contributed by atoms with E-state index in [2.05, 4.69) is 64.2 Å². The topological polar surface area (TPSA) is 107 Å². The van der Waals surface area contributed by atoms with Gasteiger partial charge in [0.1, 0.15) is 30.6 Å². The number of aldehydes is 1. The van der Waals surface area contributed by atoms with Crippen molar-refractivity contribution in [1.82, 2.24) is 24.7 Å². The first-order chi connectivity index (χ1) is 19.6. The van der Waals surface area contributed by atoms with E-state index < -0.39 is 0 Å². The lowest BCUT2D eigenvalue weighted by molar-refractivity contribution is -0.110. The van der Waals surface area contributed by atoms with Crippen LogP contribution in [0.2, 0.25) is 0 Å². The molecule has 8 nitrogen and oxygen atoms in total. The first-order valence-electron chi connectivity index (χ1n) is 13.7. The minimum absolute atomic E-state index is 0.208. The number of nitrogens with one attached hydrogen (secondary N) is 1. The molecule has 3 heterocycles. The number of imidazole rings is 1. The van der Waals surface area contributed by atoms with Gasteiger partial charge >= 0.3 is 0 Å². The van der Waals surface area contributed by atoms with Crippen molar-refractivity contribution in [3.8, 4) is 22.5 Å². The van der Waals surface area contributed by atoms with Crippen LogP contribution in [0.4, 0.5) is 5.82 Å². The third-order valence-electron chi connectivity index (χ3n) is 6.51. The normalized spacial score (nSPS) is 11.3. The standard InChI is InChI=1S/C21H15N5.C8H19N.C3H6O2/c22-21-20-19(24-13-26(20)11-10-23-21)16-7-6-15-8-9-17(25-18(15)12-16)14-4-2-1-3-5-14;1-4-6-8(5-2)7-9-3;1-5-3-2-4/h1-13H,(H2,22,23);8-9H,4-7H2,1-3H3;2H,3H2,1H3. The molecule has 3 N–H and O–H groups in total. The lowest BCUT2D eigenvalue weighted by Crippen LogP contribution is -2.17. The molecule has 0 spiro atoms. The van der Waals surface area contributed by atoms with Crippen LogP contribution >= 0.6 is 0 Å². The Bertz CT molecular complexity index is 1460. The van der Waals surface area contributed by atoms with Gasteiger partial charge in [0.15, 0.2) is 0 Å². The van der Waals surface area contributed by atoms with Crippen LogP contribution in [0.1, 0.15) is 33.1 Å². The van der Waals surface area contributed by atoms with Gasteiger partial charge in [-0.2, -0.15) is 0 Å². The van der Waals surface area contributed by atoms with Crippen molar-refractivity contribution in [2.75, 3.05) is 33.0 Å². The van der Waals surface area contributed by atoms with Gasteiger partial charge in [0.2, 0.25) is 0 Å². The molecule has 0 aliphatic heterocycles. The van der Waals surface area contributed by atoms with Gasteiger partial charge in [0, 0.05) is 36.0 Å². The molecule has 0 radical (unpaired) electrons. The number of pyridine rings is 1. The Morgan fingerprint density at radius 1 is 1.05 bits per heavy atom. The summed E-state index contributed by atoms with van der Waals surface area (Å²) < 4.78 is 6.21. The van der Waals surface area contributed by atoms with Gasteiger partial charge in [-0.3, -0.25) is 0 Å². The summed E-state index contributed by atoms with van der Waals surface area (Å²) in [4.78, 5) is 22.8. The van der Waals surface area contributed by atoms with Gasteiger partial charge < -0.3 is 25.0 Å². The van der Waals surface area contributed by atoms with Gasteiger partial charge in [-0.15, -0.1) is 0 Å². The smallest absolute Gasteiger partial charge is 0.150 e. The number of anilines is 1. The number of aromatic nitrogens is 4. The molecule has 40 heavy (non-hydrogen) atoms. The highest BCUT2D eigenvalue weighted by Gasteiger charge is 2.12. The number of hydrogen-bond donors (Lipinski definition) is 2. The molecule has 0 saturated carbocycles. The molecule has 8 heteroatoms. The van der Waals surface area contributed by atoms with E-state index in [1.54, 1.807) is 12.5 Å². The number of nitrogen functional groups attached to an aromatic ring is 1. The molecule has 5 rings (SSSR count). The number of ether oxygens (including phenoxy) is 1. The molecule has 0 amide bonds. The Balaban J connectivity index is 0.000000264. The molecular formula is C32H40N6O2. The summed E-state index contributed by atoms with van der Waals surface area (Å²) in [5, 5.41) is 4.29. The molecule has 0 aliphatic carbocycles. The van der Waals surface area contributed by atoms with Crippen LogP contribution in [0.5, 0.6) is 0 Å². The van der Waals surface area contributed by atoms with Crippen molar-refractivity contribution in [3.05, 3.63) is 79.4 Å². The van der Waals surface area contributed by atoms with E-state index in [1.807, 2.05) is 48.0 Å². The number of fused-ring (bicyclic) bond motifs is 2. The maximum atomic E-state index is 9.28. The third-order valence-corrected chi connectivity index (χ3v) is 6.51. The second kappa shape index (κ2) is 16.1. The second-order valence-electron chi connectivity index (χ2n) is 9.37. The monoisotopic (exact) mass is 540 g/mol. The van der Waals surface area contributed by atoms with Gasteiger partial charge in [0.25, 0.3) is 0 Å². The number of nitrogens with two attached hydrogens (primary N) is 1. The molecule has 0 bridgehead atoms. The summed E-state index contributed by atoms with van der Waals surface area (Å²) in [6.07, 6.45) is 9.98. The molecule has 1 unspecified atom stereocenters. The molecule has 0 saturated heterocycles. The zero-order chi connectivity index (χ0) is 28.7. The Labute approximate surface area is 236 Å². The van der Waals surface area contributed by atoms with Gasteiger partial charge in [0.05, 0.1) is 16.9 Å². The van der Waals surface area contributed by atoms with E-state index in [9.17, 15) is 4.79 Å². The zero-order valence-corrected chi connectivity index (χ0v) is 23.9. The van der Waals surface area contributed by atoms with E-state index in [0.717, 1.165) is 44.9 Å². The first-order valence-corrected chi connectivity index (χ1v) is 13.7. The SMILES string of the molecule is CCCC(CC)CNC.COCC=O.Nc1nccn2cnc(-c3ccc4ccc(-c5ccccc5)nc4c3)c12. The zero-order valence-electron chi connectivity index (χ0n) is 23.9. The maximum Gasteiger partial charge on any atom is 0.150 e. The van der Waals surface area contributed by atoms with Gasteiger partial charge in [-0.05, 0) is 38.1 Å². The van der Waals surface area contributed by atoms with E-state index in [0.29, 0.717) is 12.1 Å². The molecule has 1 atom stereocenters. The fourth-order valence-electron chi connectivity index (χ4n) is 4.44. The summed E-state index contributed by atoms with van der Waals surface area (Å²) in [7, 11) is 3.51. The Morgan fingerprint density at radius 2 is 1.82 bits per heavy atom. The summed E-state index contributed by atoms with van der Waals surface area (Å²) in [5.74, 6) is 1.37. The van der Waals surface area contributed by atoms with Crippen molar-refractivity contribution in [3.63, 3.8) is 0 Å². The highest BCUT2D eigenvalue weighted by atomic mass is 16.5. The lowest BCUT2D eigenvalue weighted by atomic mass is 10.0. The van der Waals surface area contributed by atoms with Crippen molar-refractivity contribution >= 4 is 28.5 Å². The molecular weight excluding hydrogens is 500 g/mol. The molecule has 3 aromatic heterocycles. The van der Waals surface area contributed by atoms with E-state index in [4.69, 9.17) is 10.7 Å². The minimum Gasteiger partial charge on any atom is -0.382 e. The summed E-state index contributed by atoms with van der Waals surface area (Å²) in [6, 6.07) is 20.5. The Hall–Kier alpha value is -4.14. The Kier molecular flexibility index (Phi) is 12.2. The highest BCUT2D eigenvalue weighted by molar-refractivity contribution is 5.91. The number of methoxy groups -OCH3 is 1. The number of hydrogen-bond acceptors (Lipinski definition) is 7. The number of carbonyl (C=O) groups is 1. The molecule has 0 fully saturated rings.